The molecule has 0 aromatic heterocycles. The summed E-state index contributed by atoms with van der Waals surface area (Å²) in [7, 11) is 0. The third-order valence-corrected chi connectivity index (χ3v) is 3.70. The van der Waals surface area contributed by atoms with Gasteiger partial charge in [-0.2, -0.15) is 5.26 Å². The van der Waals surface area contributed by atoms with E-state index in [2.05, 4.69) is 12.2 Å². The molecular weight excluding hydrogens is 224 g/mol. The molecule has 1 aliphatic carbocycles. The smallest absolute Gasteiger partial charge is 0.251 e. The molecule has 1 amide bonds. The number of nitriles is 1. The van der Waals surface area contributed by atoms with E-state index >= 15 is 0 Å². The number of rotatable bonds is 2. The maximum atomic E-state index is 12.1. The quantitative estimate of drug-likeness (QED) is 0.867. The van der Waals surface area contributed by atoms with E-state index < -0.39 is 0 Å². The maximum Gasteiger partial charge on any atom is 0.251 e. The van der Waals surface area contributed by atoms with Crippen LogP contribution in [-0.2, 0) is 0 Å². The molecule has 18 heavy (non-hydrogen) atoms. The van der Waals surface area contributed by atoms with Crippen molar-refractivity contribution in [2.45, 2.75) is 38.6 Å². The third-order valence-electron chi connectivity index (χ3n) is 3.70. The molecule has 1 aliphatic rings. The van der Waals surface area contributed by atoms with Crippen molar-refractivity contribution in [2.24, 2.45) is 5.92 Å². The first kappa shape index (κ1) is 12.6. The lowest BCUT2D eigenvalue weighted by Crippen LogP contribution is -2.41. The summed E-state index contributed by atoms with van der Waals surface area (Å²) < 4.78 is 0. The van der Waals surface area contributed by atoms with Crippen molar-refractivity contribution in [1.82, 2.24) is 5.32 Å². The molecule has 3 heteroatoms. The van der Waals surface area contributed by atoms with Crippen LogP contribution >= 0.6 is 0 Å². The van der Waals surface area contributed by atoms with Crippen LogP contribution in [0.25, 0.3) is 0 Å². The number of hydrogen-bond donors (Lipinski definition) is 1. The summed E-state index contributed by atoms with van der Waals surface area (Å²) in [5.74, 6) is 0.527. The van der Waals surface area contributed by atoms with E-state index in [0.717, 1.165) is 6.42 Å². The van der Waals surface area contributed by atoms with E-state index in [0.29, 0.717) is 23.1 Å². The number of nitrogens with one attached hydrogen (secondary N) is 1. The average Bonchev–Trinajstić information content (AvgIpc) is 2.41. The lowest BCUT2D eigenvalue weighted by molar-refractivity contribution is 0.0910. The maximum absolute atomic E-state index is 12.1. The van der Waals surface area contributed by atoms with Gasteiger partial charge in [0.2, 0.25) is 0 Å². The van der Waals surface area contributed by atoms with Crippen LogP contribution in [0.5, 0.6) is 0 Å². The van der Waals surface area contributed by atoms with E-state index in [1.165, 1.54) is 19.3 Å². The van der Waals surface area contributed by atoms with Gasteiger partial charge in [0.1, 0.15) is 0 Å². The predicted octanol–water partition coefficient (Wildman–Crippen LogP) is 2.87. The van der Waals surface area contributed by atoms with Gasteiger partial charge in [0, 0.05) is 11.6 Å². The molecule has 0 bridgehead atoms. The molecule has 0 heterocycles. The van der Waals surface area contributed by atoms with Crippen LogP contribution in [0, 0.1) is 17.2 Å². The normalized spacial score (nSPS) is 23.1. The van der Waals surface area contributed by atoms with E-state index in [4.69, 9.17) is 5.26 Å². The van der Waals surface area contributed by atoms with E-state index in [9.17, 15) is 4.79 Å². The van der Waals surface area contributed by atoms with Crippen molar-refractivity contribution in [3.8, 4) is 6.07 Å². The van der Waals surface area contributed by atoms with Crippen LogP contribution in [-0.4, -0.2) is 11.9 Å². The molecule has 1 N–H and O–H groups in total. The molecule has 0 saturated heterocycles. The van der Waals surface area contributed by atoms with Crippen LogP contribution in [0.15, 0.2) is 24.3 Å². The second-order valence-electron chi connectivity index (χ2n) is 5.03. The molecule has 2 unspecified atom stereocenters. The standard InChI is InChI=1S/C15H18N2O/c1-11-4-2-3-5-14(11)17-15(18)13-8-6-12(10-16)7-9-13/h6-9,11,14H,2-5H2,1H3,(H,17,18). The highest BCUT2D eigenvalue weighted by molar-refractivity contribution is 5.94. The largest absolute Gasteiger partial charge is 0.349 e. The molecule has 0 spiro atoms. The summed E-state index contributed by atoms with van der Waals surface area (Å²) in [5, 5.41) is 11.8. The molecule has 0 aliphatic heterocycles. The minimum atomic E-state index is -0.0294. The minimum absolute atomic E-state index is 0.0294. The number of amides is 1. The van der Waals surface area contributed by atoms with Gasteiger partial charge in [0.25, 0.3) is 5.91 Å². The predicted molar refractivity (Wildman–Crippen MR) is 70.0 cm³/mol. The fraction of sp³-hybridized carbons (Fsp3) is 0.467. The van der Waals surface area contributed by atoms with Crippen LogP contribution in [0.3, 0.4) is 0 Å². The zero-order valence-corrected chi connectivity index (χ0v) is 10.6. The number of nitrogens with zero attached hydrogens (tertiary/aromatic N) is 1. The Bertz CT molecular complexity index is 458. The van der Waals surface area contributed by atoms with Gasteiger partial charge < -0.3 is 5.32 Å². The molecule has 3 nitrogen and oxygen atoms in total. The highest BCUT2D eigenvalue weighted by Gasteiger charge is 2.23. The van der Waals surface area contributed by atoms with Crippen molar-refractivity contribution in [3.63, 3.8) is 0 Å². The second kappa shape index (κ2) is 5.68. The molecule has 1 aromatic rings. The zero-order chi connectivity index (χ0) is 13.0. The van der Waals surface area contributed by atoms with Gasteiger partial charge in [-0.25, -0.2) is 0 Å². The van der Waals surface area contributed by atoms with Crippen LogP contribution in [0.2, 0.25) is 0 Å². The molecule has 94 valence electrons. The molecule has 1 aromatic carbocycles. The van der Waals surface area contributed by atoms with Crippen LogP contribution < -0.4 is 5.32 Å². The van der Waals surface area contributed by atoms with Crippen LogP contribution in [0.1, 0.15) is 48.5 Å². The van der Waals surface area contributed by atoms with Gasteiger partial charge in [-0.3, -0.25) is 4.79 Å². The van der Waals surface area contributed by atoms with Gasteiger partial charge in [-0.15, -0.1) is 0 Å². The number of benzene rings is 1. The van der Waals surface area contributed by atoms with Gasteiger partial charge in [-0.1, -0.05) is 19.8 Å². The number of hydrogen-bond acceptors (Lipinski definition) is 2. The summed E-state index contributed by atoms with van der Waals surface area (Å²) in [5.41, 5.74) is 1.21. The van der Waals surface area contributed by atoms with E-state index in [1.807, 2.05) is 6.07 Å². The second-order valence-corrected chi connectivity index (χ2v) is 5.03. The van der Waals surface area contributed by atoms with E-state index in [1.54, 1.807) is 24.3 Å². The Kier molecular flexibility index (Phi) is 3.99. The first-order valence-corrected chi connectivity index (χ1v) is 6.51. The Labute approximate surface area is 108 Å². The minimum Gasteiger partial charge on any atom is -0.349 e. The van der Waals surface area contributed by atoms with Gasteiger partial charge in [0.15, 0.2) is 0 Å². The van der Waals surface area contributed by atoms with Gasteiger partial charge in [0.05, 0.1) is 11.6 Å². The van der Waals surface area contributed by atoms with Gasteiger partial charge in [-0.05, 0) is 43.0 Å². The molecule has 2 rings (SSSR count). The Balaban J connectivity index is 2.00. The number of carbonyl (C=O) groups excluding carboxylic acids is 1. The van der Waals surface area contributed by atoms with Crippen molar-refractivity contribution < 1.29 is 4.79 Å². The highest BCUT2D eigenvalue weighted by atomic mass is 16.1. The van der Waals surface area contributed by atoms with Crippen molar-refractivity contribution in [1.29, 1.82) is 5.26 Å². The molecule has 1 fully saturated rings. The Morgan fingerprint density at radius 1 is 1.28 bits per heavy atom. The van der Waals surface area contributed by atoms with Crippen molar-refractivity contribution >= 4 is 5.91 Å². The first-order chi connectivity index (χ1) is 8.70. The van der Waals surface area contributed by atoms with Crippen molar-refractivity contribution in [2.75, 3.05) is 0 Å². The summed E-state index contributed by atoms with van der Waals surface area (Å²) in [4.78, 5) is 12.1. The highest BCUT2D eigenvalue weighted by Crippen LogP contribution is 2.23. The summed E-state index contributed by atoms with van der Waals surface area (Å²) >= 11 is 0. The molecule has 0 radical (unpaired) electrons. The lowest BCUT2D eigenvalue weighted by Gasteiger charge is -2.29. The zero-order valence-electron chi connectivity index (χ0n) is 10.6. The monoisotopic (exact) mass is 242 g/mol. The van der Waals surface area contributed by atoms with Gasteiger partial charge >= 0.3 is 0 Å². The molecule has 1 saturated carbocycles. The SMILES string of the molecule is CC1CCCCC1NC(=O)c1ccc(C#N)cc1. The fourth-order valence-corrected chi connectivity index (χ4v) is 2.48. The first-order valence-electron chi connectivity index (χ1n) is 6.51. The molecular formula is C15H18N2O. The topological polar surface area (TPSA) is 52.9 Å². The fourth-order valence-electron chi connectivity index (χ4n) is 2.48. The Hall–Kier alpha value is -1.82. The molecule has 2 atom stereocenters. The Morgan fingerprint density at radius 3 is 2.56 bits per heavy atom. The van der Waals surface area contributed by atoms with E-state index in [-0.39, 0.29) is 5.91 Å². The van der Waals surface area contributed by atoms with Crippen LogP contribution in [0.4, 0.5) is 0 Å². The van der Waals surface area contributed by atoms with Crippen molar-refractivity contribution in [3.05, 3.63) is 35.4 Å². The number of carbonyl (C=O) groups is 1. The summed E-state index contributed by atoms with van der Waals surface area (Å²) in [6.45, 7) is 2.20. The lowest BCUT2D eigenvalue weighted by atomic mass is 9.86. The summed E-state index contributed by atoms with van der Waals surface area (Å²) in [6, 6.07) is 9.12. The average molecular weight is 242 g/mol. The Morgan fingerprint density at radius 2 is 1.94 bits per heavy atom. The summed E-state index contributed by atoms with van der Waals surface area (Å²) in [6.07, 6.45) is 4.73. The third kappa shape index (κ3) is 2.89.